The van der Waals surface area contributed by atoms with Gasteiger partial charge in [-0.15, -0.1) is 0 Å². The lowest BCUT2D eigenvalue weighted by molar-refractivity contribution is 0.582. The van der Waals surface area contributed by atoms with E-state index in [9.17, 15) is 8.78 Å². The molecule has 0 aliphatic carbocycles. The number of benzene rings is 2. The van der Waals surface area contributed by atoms with Crippen LogP contribution < -0.4 is 5.73 Å². The zero-order valence-corrected chi connectivity index (χ0v) is 10.2. The van der Waals surface area contributed by atoms with E-state index >= 15 is 0 Å². The van der Waals surface area contributed by atoms with Crippen molar-refractivity contribution in [3.05, 3.63) is 47.5 Å². The Morgan fingerprint density at radius 3 is 2.68 bits per heavy atom. The standard InChI is InChI=1S/C14H11F2N3/c1-7-5-6-8(15)11(12(7)16)14-18-10-4-2-3-9(17)13(10)19-14/h2-6H,17H2,1H3,(H,18,19). The first-order chi connectivity index (χ1) is 9.08. The summed E-state index contributed by atoms with van der Waals surface area (Å²) in [7, 11) is 0. The zero-order valence-electron chi connectivity index (χ0n) is 10.2. The van der Waals surface area contributed by atoms with E-state index in [1.807, 2.05) is 0 Å². The van der Waals surface area contributed by atoms with Crippen LogP contribution in [0.5, 0.6) is 0 Å². The predicted molar refractivity (Wildman–Crippen MR) is 70.6 cm³/mol. The SMILES string of the molecule is Cc1ccc(F)c(-c2nc3c(N)cccc3[nH]2)c1F. The lowest BCUT2D eigenvalue weighted by Crippen LogP contribution is -1.94. The van der Waals surface area contributed by atoms with Crippen molar-refractivity contribution in [2.75, 3.05) is 5.73 Å². The summed E-state index contributed by atoms with van der Waals surface area (Å²) in [5, 5.41) is 0. The zero-order chi connectivity index (χ0) is 13.6. The number of para-hydroxylation sites is 1. The van der Waals surface area contributed by atoms with Crippen LogP contribution in [0.2, 0.25) is 0 Å². The van der Waals surface area contributed by atoms with Gasteiger partial charge in [0.2, 0.25) is 0 Å². The van der Waals surface area contributed by atoms with E-state index in [4.69, 9.17) is 5.73 Å². The minimum absolute atomic E-state index is 0.145. The number of nitrogens with two attached hydrogens (primary N) is 1. The minimum atomic E-state index is -0.652. The Morgan fingerprint density at radius 1 is 1.16 bits per heavy atom. The second-order valence-electron chi connectivity index (χ2n) is 4.38. The molecule has 3 aromatic rings. The minimum Gasteiger partial charge on any atom is -0.397 e. The third kappa shape index (κ3) is 1.74. The number of fused-ring (bicyclic) bond motifs is 1. The van der Waals surface area contributed by atoms with E-state index in [1.165, 1.54) is 12.1 Å². The number of imidazole rings is 1. The summed E-state index contributed by atoms with van der Waals surface area (Å²) in [4.78, 5) is 7.08. The van der Waals surface area contributed by atoms with Crippen molar-refractivity contribution in [3.8, 4) is 11.4 Å². The first-order valence-electron chi connectivity index (χ1n) is 5.77. The number of aromatic amines is 1. The molecule has 3 nitrogen and oxygen atoms in total. The molecule has 19 heavy (non-hydrogen) atoms. The van der Waals surface area contributed by atoms with Gasteiger partial charge in [0.1, 0.15) is 23.0 Å². The molecular weight excluding hydrogens is 248 g/mol. The van der Waals surface area contributed by atoms with Gasteiger partial charge in [-0.05, 0) is 30.7 Å². The maximum atomic E-state index is 14.0. The van der Waals surface area contributed by atoms with Gasteiger partial charge in [0.25, 0.3) is 0 Å². The van der Waals surface area contributed by atoms with Crippen LogP contribution in [0, 0.1) is 18.6 Å². The average molecular weight is 259 g/mol. The Kier molecular flexibility index (Phi) is 2.48. The predicted octanol–water partition coefficient (Wildman–Crippen LogP) is 3.40. The van der Waals surface area contributed by atoms with Gasteiger partial charge in [-0.3, -0.25) is 0 Å². The molecule has 3 rings (SSSR count). The summed E-state index contributed by atoms with van der Waals surface area (Å²) in [6, 6.07) is 7.82. The monoisotopic (exact) mass is 259 g/mol. The molecule has 2 aromatic carbocycles. The molecule has 0 unspecified atom stereocenters. The molecule has 5 heteroatoms. The van der Waals surface area contributed by atoms with Crippen LogP contribution in [0.3, 0.4) is 0 Å². The van der Waals surface area contributed by atoms with E-state index in [2.05, 4.69) is 9.97 Å². The Balaban J connectivity index is 2.31. The Hall–Kier alpha value is -2.43. The lowest BCUT2D eigenvalue weighted by atomic mass is 10.1. The van der Waals surface area contributed by atoms with Gasteiger partial charge in [-0.1, -0.05) is 12.1 Å². The number of anilines is 1. The van der Waals surface area contributed by atoms with Crippen molar-refractivity contribution in [3.63, 3.8) is 0 Å². The summed E-state index contributed by atoms with van der Waals surface area (Å²) in [6.45, 7) is 1.58. The molecule has 0 fully saturated rings. The number of hydrogen-bond donors (Lipinski definition) is 2. The highest BCUT2D eigenvalue weighted by Gasteiger charge is 2.17. The first-order valence-corrected chi connectivity index (χ1v) is 5.77. The molecule has 96 valence electrons. The highest BCUT2D eigenvalue weighted by atomic mass is 19.1. The average Bonchev–Trinajstić information content (AvgIpc) is 2.80. The summed E-state index contributed by atoms with van der Waals surface area (Å²) >= 11 is 0. The van der Waals surface area contributed by atoms with Crippen LogP contribution in [-0.4, -0.2) is 9.97 Å². The van der Waals surface area contributed by atoms with E-state index in [-0.39, 0.29) is 11.4 Å². The molecule has 0 saturated heterocycles. The van der Waals surface area contributed by atoms with Gasteiger partial charge in [0.05, 0.1) is 16.8 Å². The van der Waals surface area contributed by atoms with Crippen molar-refractivity contribution in [1.82, 2.24) is 9.97 Å². The van der Waals surface area contributed by atoms with Gasteiger partial charge in [0.15, 0.2) is 0 Å². The highest BCUT2D eigenvalue weighted by Crippen LogP contribution is 2.29. The number of rotatable bonds is 1. The Morgan fingerprint density at radius 2 is 1.95 bits per heavy atom. The van der Waals surface area contributed by atoms with Gasteiger partial charge >= 0.3 is 0 Å². The van der Waals surface area contributed by atoms with E-state index in [0.29, 0.717) is 22.3 Å². The molecule has 3 N–H and O–H groups in total. The van der Waals surface area contributed by atoms with Crippen LogP contribution in [-0.2, 0) is 0 Å². The van der Waals surface area contributed by atoms with Crippen LogP contribution in [0.4, 0.5) is 14.5 Å². The van der Waals surface area contributed by atoms with E-state index in [0.717, 1.165) is 0 Å². The maximum absolute atomic E-state index is 14.0. The molecule has 0 atom stereocenters. The molecule has 1 aromatic heterocycles. The van der Waals surface area contributed by atoms with Gasteiger partial charge in [-0.25, -0.2) is 13.8 Å². The van der Waals surface area contributed by atoms with E-state index in [1.54, 1.807) is 25.1 Å². The van der Waals surface area contributed by atoms with Gasteiger partial charge in [0, 0.05) is 0 Å². The quantitative estimate of drug-likeness (QED) is 0.658. The number of halogens is 2. The van der Waals surface area contributed by atoms with Crippen molar-refractivity contribution in [2.45, 2.75) is 6.92 Å². The Labute approximate surface area is 108 Å². The molecule has 0 bridgehead atoms. The molecule has 0 spiro atoms. The van der Waals surface area contributed by atoms with Crippen LogP contribution >= 0.6 is 0 Å². The fourth-order valence-corrected chi connectivity index (χ4v) is 2.05. The molecule has 0 saturated carbocycles. The number of hydrogen-bond acceptors (Lipinski definition) is 2. The largest absolute Gasteiger partial charge is 0.397 e. The Bertz CT molecular complexity index is 778. The van der Waals surface area contributed by atoms with E-state index < -0.39 is 11.6 Å². The molecule has 0 radical (unpaired) electrons. The van der Waals surface area contributed by atoms with Crippen LogP contribution in [0.15, 0.2) is 30.3 Å². The molecular formula is C14H11F2N3. The second-order valence-corrected chi connectivity index (χ2v) is 4.38. The number of nitrogens with one attached hydrogen (secondary N) is 1. The highest BCUT2D eigenvalue weighted by molar-refractivity contribution is 5.89. The fourth-order valence-electron chi connectivity index (χ4n) is 2.05. The van der Waals surface area contributed by atoms with Crippen molar-refractivity contribution >= 4 is 16.7 Å². The second kappa shape index (κ2) is 4.05. The molecule has 0 aliphatic heterocycles. The number of nitrogens with zero attached hydrogens (tertiary/aromatic N) is 1. The third-order valence-corrected chi connectivity index (χ3v) is 3.06. The fraction of sp³-hybridized carbons (Fsp3) is 0.0714. The maximum Gasteiger partial charge on any atom is 0.144 e. The summed E-state index contributed by atoms with van der Waals surface area (Å²) < 4.78 is 27.9. The molecule has 0 aliphatic rings. The van der Waals surface area contributed by atoms with Crippen LogP contribution in [0.25, 0.3) is 22.4 Å². The van der Waals surface area contributed by atoms with Gasteiger partial charge in [-0.2, -0.15) is 0 Å². The smallest absolute Gasteiger partial charge is 0.144 e. The van der Waals surface area contributed by atoms with Crippen LogP contribution in [0.1, 0.15) is 5.56 Å². The number of aryl methyl sites for hydroxylation is 1. The van der Waals surface area contributed by atoms with Crippen molar-refractivity contribution < 1.29 is 8.78 Å². The number of nitrogen functional groups attached to an aromatic ring is 1. The molecule has 1 heterocycles. The normalized spacial score (nSPS) is 11.1. The summed E-state index contributed by atoms with van der Waals surface area (Å²) in [6.07, 6.45) is 0. The molecule has 0 amide bonds. The summed E-state index contributed by atoms with van der Waals surface area (Å²) in [5.74, 6) is -1.12. The van der Waals surface area contributed by atoms with Gasteiger partial charge < -0.3 is 10.7 Å². The van der Waals surface area contributed by atoms with Crippen molar-refractivity contribution in [2.24, 2.45) is 0 Å². The first kappa shape index (κ1) is 11.6. The number of aromatic nitrogens is 2. The lowest BCUT2D eigenvalue weighted by Gasteiger charge is -2.03. The third-order valence-electron chi connectivity index (χ3n) is 3.06. The topological polar surface area (TPSA) is 54.7 Å². The number of H-pyrrole nitrogens is 1. The van der Waals surface area contributed by atoms with Crippen molar-refractivity contribution in [1.29, 1.82) is 0 Å². The summed E-state index contributed by atoms with van der Waals surface area (Å²) in [5.41, 5.74) is 7.62.